The van der Waals surface area contributed by atoms with Gasteiger partial charge >= 0.3 is 0 Å². The molecule has 0 aromatic heterocycles. The maximum Gasteiger partial charge on any atom is 0.269 e. The Balaban J connectivity index is 1.35. The van der Waals surface area contributed by atoms with Crippen molar-refractivity contribution in [2.75, 3.05) is 26.4 Å². The molecule has 1 amide bonds. The number of nitrogens with zero attached hydrogens (tertiary/aromatic N) is 4. The standard InChI is InChI=1S/C57H60N4O11/c1-3-32-69-46-27-28-52-50(35-46)55-48(17-8-10-31-63)42(13-7-9-30-62)34-49-51(58-71-38-40-20-25-45(26-21-40)61(67)68)36-53(57(72-52,56(49)55)70-33-4-2)59(37-43-15-11-14-41-12-5-6-16-47(41)43)54(64)29-22-39-18-23-44(24-19-39)60(65)66/h3-6,11-12,14-16,18-29,34-35,42,48,53,55-56,62-63H,1-2,7-10,13,17,30-33,36-38H2/t42-,48+,53-,55+,56+,57+/m0/s1. The van der Waals surface area contributed by atoms with Crippen LogP contribution in [-0.2, 0) is 27.5 Å². The average molecular weight is 977 g/mol. The topological polar surface area (TPSA) is 196 Å². The van der Waals surface area contributed by atoms with E-state index in [1.807, 2.05) is 60.7 Å². The molecule has 0 spiro atoms. The van der Waals surface area contributed by atoms with Gasteiger partial charge in [-0.25, -0.2) is 0 Å². The summed E-state index contributed by atoms with van der Waals surface area (Å²) in [6.07, 6.45) is 13.0. The number of ether oxygens (including phenoxy) is 3. The first-order valence-corrected chi connectivity index (χ1v) is 24.5. The van der Waals surface area contributed by atoms with Crippen molar-refractivity contribution in [3.63, 3.8) is 0 Å². The third-order valence-electron chi connectivity index (χ3n) is 14.0. The minimum Gasteiger partial charge on any atom is -0.490 e. The molecule has 6 atom stereocenters. The highest BCUT2D eigenvalue weighted by molar-refractivity contribution is 6.03. The molecule has 2 N–H and O–H groups in total. The lowest BCUT2D eigenvalue weighted by atomic mass is 9.55. The molecule has 1 aliphatic heterocycles. The number of nitro benzene ring substituents is 2. The lowest BCUT2D eigenvalue weighted by Gasteiger charge is -2.60. The largest absolute Gasteiger partial charge is 0.490 e. The maximum absolute atomic E-state index is 15.5. The monoisotopic (exact) mass is 976 g/mol. The van der Waals surface area contributed by atoms with Crippen molar-refractivity contribution >= 4 is 39.8 Å². The Morgan fingerprint density at radius 3 is 2.25 bits per heavy atom. The minimum absolute atomic E-state index is 0.00465. The van der Waals surface area contributed by atoms with Gasteiger partial charge in [0.1, 0.15) is 30.8 Å². The molecule has 15 heteroatoms. The van der Waals surface area contributed by atoms with E-state index >= 15 is 4.79 Å². The third kappa shape index (κ3) is 11.2. The second kappa shape index (κ2) is 23.6. The van der Waals surface area contributed by atoms with Crippen molar-refractivity contribution in [3.8, 4) is 11.5 Å². The Morgan fingerprint density at radius 1 is 0.847 bits per heavy atom. The number of oxime groups is 1. The second-order valence-electron chi connectivity index (χ2n) is 18.4. The summed E-state index contributed by atoms with van der Waals surface area (Å²) < 4.78 is 20.8. The Kier molecular flexibility index (Phi) is 16.7. The fourth-order valence-electron chi connectivity index (χ4n) is 10.7. The van der Waals surface area contributed by atoms with E-state index in [4.69, 9.17) is 24.2 Å². The van der Waals surface area contributed by atoms with Crippen LogP contribution in [0.2, 0.25) is 0 Å². The Bertz CT molecular complexity index is 2840. The highest BCUT2D eigenvalue weighted by Gasteiger charge is 2.65. The van der Waals surface area contributed by atoms with Crippen LogP contribution in [-0.4, -0.2) is 74.8 Å². The first-order chi connectivity index (χ1) is 35.1. The summed E-state index contributed by atoms with van der Waals surface area (Å²) in [6, 6.07) is 30.9. The Labute approximate surface area is 418 Å². The van der Waals surface area contributed by atoms with E-state index in [0.29, 0.717) is 41.2 Å². The van der Waals surface area contributed by atoms with E-state index < -0.39 is 27.6 Å². The smallest absolute Gasteiger partial charge is 0.269 e. The van der Waals surface area contributed by atoms with Crippen molar-refractivity contribution in [2.24, 2.45) is 22.9 Å². The van der Waals surface area contributed by atoms with Gasteiger partial charge in [-0.15, -0.1) is 6.58 Å². The van der Waals surface area contributed by atoms with Gasteiger partial charge in [0, 0.05) is 68.0 Å². The van der Waals surface area contributed by atoms with Gasteiger partial charge in [0.05, 0.1) is 28.1 Å². The van der Waals surface area contributed by atoms with E-state index in [0.717, 1.165) is 53.2 Å². The first kappa shape index (κ1) is 50.9. The predicted molar refractivity (Wildman–Crippen MR) is 275 cm³/mol. The van der Waals surface area contributed by atoms with Crippen molar-refractivity contribution in [2.45, 2.75) is 75.8 Å². The lowest BCUT2D eigenvalue weighted by molar-refractivity contribution is -0.385. The highest BCUT2D eigenvalue weighted by Crippen LogP contribution is 2.62. The van der Waals surface area contributed by atoms with Gasteiger partial charge in [-0.05, 0) is 119 Å². The van der Waals surface area contributed by atoms with Gasteiger partial charge in [0.25, 0.3) is 11.4 Å². The highest BCUT2D eigenvalue weighted by atomic mass is 16.7. The third-order valence-corrected chi connectivity index (χ3v) is 14.0. The molecule has 5 aromatic rings. The minimum atomic E-state index is -1.58. The van der Waals surface area contributed by atoms with E-state index in [2.05, 4.69) is 19.2 Å². The summed E-state index contributed by atoms with van der Waals surface area (Å²) in [5, 5.41) is 49.9. The molecule has 1 saturated carbocycles. The number of benzene rings is 5. The Hall–Kier alpha value is -7.46. The van der Waals surface area contributed by atoms with Gasteiger partial charge in [0.2, 0.25) is 11.7 Å². The fraction of sp³-hybridized carbons (Fsp3) is 0.333. The maximum atomic E-state index is 15.5. The number of unbranched alkanes of at least 4 members (excludes halogenated alkanes) is 2. The van der Waals surface area contributed by atoms with Crippen LogP contribution in [0.25, 0.3) is 16.8 Å². The number of non-ortho nitro benzene ring substituents is 2. The molecule has 0 radical (unpaired) electrons. The van der Waals surface area contributed by atoms with E-state index in [1.54, 1.807) is 47.4 Å². The molecule has 1 heterocycles. The average Bonchev–Trinajstić information content (AvgIpc) is 3.39. The zero-order valence-corrected chi connectivity index (χ0v) is 40.1. The Morgan fingerprint density at radius 2 is 1.54 bits per heavy atom. The van der Waals surface area contributed by atoms with Crippen LogP contribution in [0.5, 0.6) is 11.5 Å². The molecule has 3 aliphatic rings. The van der Waals surface area contributed by atoms with Crippen LogP contribution >= 0.6 is 0 Å². The number of rotatable bonds is 24. The molecule has 72 heavy (non-hydrogen) atoms. The number of hydrogen-bond acceptors (Lipinski definition) is 12. The van der Waals surface area contributed by atoms with Crippen LogP contribution in [0.15, 0.2) is 157 Å². The SMILES string of the molecule is C=CCOc1ccc2c(c1)[C@H]1[C@H](CCCCO)[C@@H](CCCCO)C=C3C(=NOCc4ccc([N+](=O)[O-])cc4)C[C@H](N(Cc4cccc5ccccc45)C(=O)C=Cc4ccc([N+](=O)[O-])cc4)[C@@](OCC=C)(O2)[C@H]31. The number of carbonyl (C=O) groups excluding carboxylic acids is 1. The van der Waals surface area contributed by atoms with Crippen molar-refractivity contribution in [1.29, 1.82) is 0 Å². The van der Waals surface area contributed by atoms with Crippen LogP contribution < -0.4 is 9.47 Å². The van der Waals surface area contributed by atoms with E-state index in [-0.39, 0.29) is 81.0 Å². The molecule has 1 fully saturated rings. The second-order valence-corrected chi connectivity index (χ2v) is 18.4. The fourth-order valence-corrected chi connectivity index (χ4v) is 10.7. The molecular weight excluding hydrogens is 917 g/mol. The van der Waals surface area contributed by atoms with E-state index in [1.165, 1.54) is 30.3 Å². The number of fused-ring (bicyclic) bond motifs is 3. The summed E-state index contributed by atoms with van der Waals surface area (Å²) in [6.45, 7) is 8.44. The zero-order valence-electron chi connectivity index (χ0n) is 40.1. The van der Waals surface area contributed by atoms with Crippen LogP contribution in [0, 0.1) is 38.0 Å². The van der Waals surface area contributed by atoms with Crippen LogP contribution in [0.1, 0.15) is 73.1 Å². The summed E-state index contributed by atoms with van der Waals surface area (Å²) in [4.78, 5) is 45.6. The number of carbonyl (C=O) groups is 1. The quantitative estimate of drug-likeness (QED) is 0.0196. The molecule has 15 nitrogen and oxygen atoms in total. The molecule has 374 valence electrons. The van der Waals surface area contributed by atoms with Gasteiger partial charge in [-0.3, -0.25) is 25.0 Å². The molecule has 5 aromatic carbocycles. The molecule has 8 rings (SSSR count). The summed E-state index contributed by atoms with van der Waals surface area (Å²) >= 11 is 0. The van der Waals surface area contributed by atoms with Gasteiger partial charge < -0.3 is 34.2 Å². The summed E-state index contributed by atoms with van der Waals surface area (Å²) in [5.74, 6) is -1.79. The van der Waals surface area contributed by atoms with Crippen molar-refractivity contribution in [1.82, 2.24) is 4.90 Å². The number of hydrogen-bond donors (Lipinski definition) is 2. The molecule has 2 aliphatic carbocycles. The lowest BCUT2D eigenvalue weighted by Crippen LogP contribution is -2.70. The summed E-state index contributed by atoms with van der Waals surface area (Å²) in [5.41, 5.74) is 4.27. The van der Waals surface area contributed by atoms with Gasteiger partial charge in [-0.2, -0.15) is 0 Å². The molecule has 0 unspecified atom stereocenters. The molecular formula is C57H60N4O11. The predicted octanol–water partition coefficient (Wildman–Crippen LogP) is 10.8. The van der Waals surface area contributed by atoms with Crippen LogP contribution in [0.4, 0.5) is 11.4 Å². The normalized spacial score (nSPS) is 21.5. The van der Waals surface area contributed by atoms with Crippen LogP contribution in [0.3, 0.4) is 0 Å². The van der Waals surface area contributed by atoms with Crippen molar-refractivity contribution in [3.05, 3.63) is 195 Å². The molecule has 0 saturated heterocycles. The zero-order chi connectivity index (χ0) is 50.6. The number of nitro groups is 2. The van der Waals surface area contributed by atoms with Crippen molar-refractivity contribution < 1.29 is 43.9 Å². The van der Waals surface area contributed by atoms with Gasteiger partial charge in [-0.1, -0.05) is 85.3 Å². The molecule has 0 bridgehead atoms. The first-order valence-electron chi connectivity index (χ1n) is 24.5. The number of allylic oxidation sites excluding steroid dienone is 1. The number of aliphatic hydroxyl groups is 2. The van der Waals surface area contributed by atoms with E-state index in [9.17, 15) is 30.4 Å². The summed E-state index contributed by atoms with van der Waals surface area (Å²) in [7, 11) is 0. The van der Waals surface area contributed by atoms with Gasteiger partial charge in [0.15, 0.2) is 0 Å². The number of aliphatic hydroxyl groups excluding tert-OH is 2. The number of amides is 1.